The molecule has 3 aliphatic rings. The molecular formula is C40H44F3N7O3. The van der Waals surface area contributed by atoms with Gasteiger partial charge in [-0.2, -0.15) is 15.1 Å². The summed E-state index contributed by atoms with van der Waals surface area (Å²) in [7, 11) is 0. The molecule has 0 radical (unpaired) electrons. The molecule has 0 amide bonds. The number of aromatic nitrogens is 5. The van der Waals surface area contributed by atoms with E-state index in [4.69, 9.17) is 9.72 Å². The summed E-state index contributed by atoms with van der Waals surface area (Å²) in [5.41, 5.74) is 0.675. The van der Waals surface area contributed by atoms with E-state index in [0.29, 0.717) is 72.9 Å². The van der Waals surface area contributed by atoms with Crippen molar-refractivity contribution in [2.75, 3.05) is 37.7 Å². The molecule has 3 saturated heterocycles. The van der Waals surface area contributed by atoms with Gasteiger partial charge < -0.3 is 14.7 Å². The van der Waals surface area contributed by atoms with Crippen LogP contribution in [-0.2, 0) is 11.8 Å². The minimum Gasteiger partial charge on any atom is -0.508 e. The average Bonchev–Trinajstić information content (AvgIpc) is 3.86. The highest BCUT2D eigenvalue weighted by Crippen LogP contribution is 2.42. The Morgan fingerprint density at radius 3 is 2.62 bits per heavy atom. The van der Waals surface area contributed by atoms with Crippen molar-refractivity contribution in [3.63, 3.8) is 0 Å². The molecule has 3 fully saturated rings. The number of alkyl halides is 1. The van der Waals surface area contributed by atoms with Crippen LogP contribution in [0.3, 0.4) is 0 Å². The van der Waals surface area contributed by atoms with E-state index in [1.165, 1.54) is 29.1 Å². The quantitative estimate of drug-likeness (QED) is 0.184. The number of carbonyl (C=O) groups is 1. The van der Waals surface area contributed by atoms with Gasteiger partial charge in [0.25, 0.3) is 0 Å². The van der Waals surface area contributed by atoms with E-state index in [0.717, 1.165) is 25.1 Å². The molecule has 2 aromatic carbocycles. The second kappa shape index (κ2) is 13.3. The first-order chi connectivity index (χ1) is 25.3. The number of rotatable bonds is 7. The topological polar surface area (TPSA) is 110 Å². The number of halogens is 3. The second-order valence-electron chi connectivity index (χ2n) is 15.8. The molecule has 0 bridgehead atoms. The Hall–Kier alpha value is -4.78. The van der Waals surface area contributed by atoms with Gasteiger partial charge in [-0.05, 0) is 79.3 Å². The normalized spacial score (nSPS) is 21.2. The zero-order chi connectivity index (χ0) is 37.2. The van der Waals surface area contributed by atoms with E-state index in [1.54, 1.807) is 12.3 Å². The average molecular weight is 728 g/mol. The Morgan fingerprint density at radius 2 is 1.89 bits per heavy atom. The molecule has 0 aliphatic carbocycles. The van der Waals surface area contributed by atoms with Crippen LogP contribution in [0.15, 0.2) is 42.7 Å². The van der Waals surface area contributed by atoms with Crippen molar-refractivity contribution in [1.82, 2.24) is 29.6 Å². The van der Waals surface area contributed by atoms with E-state index in [2.05, 4.69) is 40.7 Å². The maximum atomic E-state index is 17.0. The third kappa shape index (κ3) is 6.26. The van der Waals surface area contributed by atoms with Crippen LogP contribution in [0.5, 0.6) is 11.8 Å². The van der Waals surface area contributed by atoms with Crippen LogP contribution in [-0.4, -0.2) is 85.1 Å². The second-order valence-corrected chi connectivity index (χ2v) is 15.8. The molecule has 2 atom stereocenters. The molecular weight excluding hydrogens is 683 g/mol. The molecule has 3 aromatic heterocycles. The van der Waals surface area contributed by atoms with Gasteiger partial charge in [0.2, 0.25) is 5.91 Å². The molecule has 0 saturated carbocycles. The third-order valence-corrected chi connectivity index (χ3v) is 11.4. The summed E-state index contributed by atoms with van der Waals surface area (Å²) in [4.78, 5) is 31.5. The van der Waals surface area contributed by atoms with Crippen molar-refractivity contribution in [2.24, 2.45) is 5.92 Å². The molecule has 13 heteroatoms. The molecule has 10 nitrogen and oxygen atoms in total. The summed E-state index contributed by atoms with van der Waals surface area (Å²) in [6.07, 6.45) is 5.74. The van der Waals surface area contributed by atoms with Gasteiger partial charge in [0, 0.05) is 55.3 Å². The van der Waals surface area contributed by atoms with Gasteiger partial charge >= 0.3 is 6.01 Å². The monoisotopic (exact) mass is 727 g/mol. The first-order valence-electron chi connectivity index (χ1n) is 18.5. The fraction of sp³-hybridized carbons (Fsp3) is 0.475. The number of aromatic hydroxyl groups is 1. The fourth-order valence-corrected chi connectivity index (χ4v) is 8.57. The number of benzene rings is 2. The number of fused-ring (bicyclic) bond motifs is 3. The Labute approximate surface area is 306 Å². The van der Waals surface area contributed by atoms with Gasteiger partial charge in [-0.15, -0.1) is 0 Å². The van der Waals surface area contributed by atoms with Crippen molar-refractivity contribution in [3.05, 3.63) is 65.6 Å². The van der Waals surface area contributed by atoms with Crippen molar-refractivity contribution in [2.45, 2.75) is 83.3 Å². The number of piperidine rings is 1. The van der Waals surface area contributed by atoms with Gasteiger partial charge in [0.05, 0.1) is 16.6 Å². The number of phenols is 1. The van der Waals surface area contributed by atoms with Crippen LogP contribution in [0.1, 0.15) is 75.9 Å². The summed E-state index contributed by atoms with van der Waals surface area (Å²) in [6.45, 7) is 10.2. The molecule has 3 aliphatic heterocycles. The molecule has 1 N–H and O–H groups in total. The van der Waals surface area contributed by atoms with Crippen LogP contribution >= 0.6 is 0 Å². The highest BCUT2D eigenvalue weighted by Gasteiger charge is 2.49. The SMILES string of the molecule is CCc1c(F)ccc2cc(O)cc(-c3ncc4c(N5CCC(C(=O)n6ccc(C(C)(C)C)n6)CC5)nc(OC[C@@]56CCCN5C[C@H](F)C6)nc4c3F)c12. The largest absolute Gasteiger partial charge is 0.508 e. The number of anilines is 1. The number of phenolic OH excluding ortho intramolecular Hbond substituents is 1. The standard InChI is InChI=1S/C40H44F3N7O3/c1-5-27-30(42)8-7-24-17-26(51)18-28(32(24)27)34-33(43)35-29(20-44-34)36(46-38(45-35)53-22-40-12-6-13-49(40)21-25(41)19-40)48-14-9-23(10-15-48)37(52)50-16-11-31(47-50)39(2,3)4/h7-8,11,16-18,20,23,25,51H,5-6,9-10,12-15,19,21-22H2,1-4H3/t25-,40+/m1/s1. The maximum absolute atomic E-state index is 17.0. The summed E-state index contributed by atoms with van der Waals surface area (Å²) in [5.74, 6) is -1.23. The van der Waals surface area contributed by atoms with Crippen molar-refractivity contribution in [1.29, 1.82) is 0 Å². The molecule has 53 heavy (non-hydrogen) atoms. The van der Waals surface area contributed by atoms with Crippen LogP contribution in [0.4, 0.5) is 19.0 Å². The molecule has 8 rings (SSSR count). The van der Waals surface area contributed by atoms with Gasteiger partial charge in [-0.1, -0.05) is 33.8 Å². The molecule has 0 spiro atoms. The van der Waals surface area contributed by atoms with E-state index in [9.17, 15) is 14.3 Å². The van der Waals surface area contributed by atoms with E-state index >= 15 is 8.78 Å². The Bertz CT molecular complexity index is 2230. The van der Waals surface area contributed by atoms with E-state index in [1.807, 2.05) is 17.9 Å². The highest BCUT2D eigenvalue weighted by atomic mass is 19.1. The zero-order valence-electron chi connectivity index (χ0n) is 30.5. The van der Waals surface area contributed by atoms with E-state index < -0.39 is 23.3 Å². The molecule has 278 valence electrons. The van der Waals surface area contributed by atoms with Gasteiger partial charge in [-0.3, -0.25) is 14.7 Å². The van der Waals surface area contributed by atoms with Crippen LogP contribution in [0.2, 0.25) is 0 Å². The molecule has 0 unspecified atom stereocenters. The number of ether oxygens (including phenoxy) is 1. The van der Waals surface area contributed by atoms with Crippen LogP contribution in [0.25, 0.3) is 32.9 Å². The third-order valence-electron chi connectivity index (χ3n) is 11.4. The number of carbonyl (C=O) groups excluding carboxylic acids is 1. The minimum atomic E-state index is -0.946. The lowest BCUT2D eigenvalue weighted by Gasteiger charge is -2.33. The van der Waals surface area contributed by atoms with Gasteiger partial charge in [0.1, 0.15) is 41.4 Å². The minimum absolute atomic E-state index is 0.0408. The van der Waals surface area contributed by atoms with Crippen molar-refractivity contribution >= 4 is 33.4 Å². The smallest absolute Gasteiger partial charge is 0.319 e. The highest BCUT2D eigenvalue weighted by molar-refractivity contribution is 6.01. The van der Waals surface area contributed by atoms with Crippen molar-refractivity contribution in [3.8, 4) is 23.0 Å². The molecule has 6 heterocycles. The zero-order valence-corrected chi connectivity index (χ0v) is 30.5. The number of hydrogen-bond acceptors (Lipinski definition) is 9. The lowest BCUT2D eigenvalue weighted by atomic mass is 9.93. The lowest BCUT2D eigenvalue weighted by molar-refractivity contribution is 0.0795. The number of pyridine rings is 1. The first kappa shape index (κ1) is 35.3. The Kier molecular flexibility index (Phi) is 8.82. The summed E-state index contributed by atoms with van der Waals surface area (Å²) in [6, 6.07) is 7.64. The maximum Gasteiger partial charge on any atom is 0.319 e. The van der Waals surface area contributed by atoms with Gasteiger partial charge in [0.15, 0.2) is 5.82 Å². The number of hydrogen-bond donors (Lipinski definition) is 1. The summed E-state index contributed by atoms with van der Waals surface area (Å²) >= 11 is 0. The number of aryl methyl sites for hydroxylation is 1. The lowest BCUT2D eigenvalue weighted by Crippen LogP contribution is -2.43. The predicted molar refractivity (Wildman–Crippen MR) is 196 cm³/mol. The van der Waals surface area contributed by atoms with Crippen molar-refractivity contribution < 1.29 is 27.8 Å². The summed E-state index contributed by atoms with van der Waals surface area (Å²) in [5, 5.41) is 16.6. The van der Waals surface area contributed by atoms with Gasteiger partial charge in [-0.25, -0.2) is 17.9 Å². The summed E-state index contributed by atoms with van der Waals surface area (Å²) < 4.78 is 54.4. The first-order valence-corrected chi connectivity index (χ1v) is 18.5. The van der Waals surface area contributed by atoms with E-state index in [-0.39, 0.29) is 52.4 Å². The Morgan fingerprint density at radius 1 is 1.09 bits per heavy atom. The predicted octanol–water partition coefficient (Wildman–Crippen LogP) is 7.40. The number of nitrogens with zero attached hydrogens (tertiary/aromatic N) is 7. The van der Waals surface area contributed by atoms with Crippen LogP contribution in [0, 0.1) is 17.6 Å². The van der Waals surface area contributed by atoms with Crippen LogP contribution < -0.4 is 9.64 Å². The molecule has 5 aromatic rings. The Balaban J connectivity index is 1.17. The fourth-order valence-electron chi connectivity index (χ4n) is 8.57.